The Kier molecular flexibility index (Phi) is 47.5. The van der Waals surface area contributed by atoms with Crippen molar-refractivity contribution in [1.29, 1.82) is 0 Å². The normalized spacial score (nSPS) is 12.8. The summed E-state index contributed by atoms with van der Waals surface area (Å²) >= 11 is 0. The molecule has 6 nitrogen and oxygen atoms in total. The van der Waals surface area contributed by atoms with Crippen molar-refractivity contribution >= 4 is 17.9 Å². The number of unbranched alkanes of at least 4 members (excludes halogenated alkanes) is 20. The highest BCUT2D eigenvalue weighted by Gasteiger charge is 2.19. The summed E-state index contributed by atoms with van der Waals surface area (Å²) in [6, 6.07) is 0. The predicted octanol–water partition coefficient (Wildman–Crippen LogP) is 16.8. The third-order valence-electron chi connectivity index (χ3n) is 10.6. The van der Waals surface area contributed by atoms with Crippen molar-refractivity contribution in [2.24, 2.45) is 0 Å². The molecule has 0 saturated heterocycles. The van der Waals surface area contributed by atoms with Crippen LogP contribution in [0.1, 0.15) is 233 Å². The first kappa shape index (κ1) is 58.6. The second-order valence-electron chi connectivity index (χ2n) is 16.7. The van der Waals surface area contributed by atoms with E-state index in [1.54, 1.807) is 0 Å². The van der Waals surface area contributed by atoms with E-state index in [2.05, 4.69) is 106 Å². The van der Waals surface area contributed by atoms with Gasteiger partial charge in [0.15, 0.2) is 6.10 Å². The van der Waals surface area contributed by atoms with Crippen molar-refractivity contribution in [2.75, 3.05) is 13.2 Å². The molecule has 0 heterocycles. The molecule has 0 fully saturated rings. The lowest BCUT2D eigenvalue weighted by molar-refractivity contribution is -0.167. The molecule has 1 unspecified atom stereocenters. The minimum atomic E-state index is -0.804. The zero-order valence-corrected chi connectivity index (χ0v) is 40.4. The van der Waals surface area contributed by atoms with Crippen LogP contribution in [-0.4, -0.2) is 37.2 Å². The first-order chi connectivity index (χ1) is 30.5. The molecule has 0 N–H and O–H groups in total. The van der Waals surface area contributed by atoms with Crippen LogP contribution in [-0.2, 0) is 28.6 Å². The zero-order chi connectivity index (χ0) is 45.1. The minimum absolute atomic E-state index is 0.106. The summed E-state index contributed by atoms with van der Waals surface area (Å²) < 4.78 is 16.7. The average Bonchev–Trinajstić information content (AvgIpc) is 3.27. The molecule has 0 aliphatic rings. The van der Waals surface area contributed by atoms with E-state index in [1.165, 1.54) is 83.5 Å². The molecular weight excluding hydrogens is 769 g/mol. The van der Waals surface area contributed by atoms with E-state index in [-0.39, 0.29) is 31.1 Å². The number of rotatable bonds is 45. The maximum Gasteiger partial charge on any atom is 0.306 e. The van der Waals surface area contributed by atoms with Crippen LogP contribution in [0.3, 0.4) is 0 Å². The van der Waals surface area contributed by atoms with Crippen molar-refractivity contribution in [1.82, 2.24) is 0 Å². The molecule has 0 rings (SSSR count). The van der Waals surface area contributed by atoms with Crippen LogP contribution in [0.2, 0.25) is 0 Å². The number of hydrogen-bond donors (Lipinski definition) is 0. The molecule has 0 radical (unpaired) electrons. The topological polar surface area (TPSA) is 78.9 Å². The highest BCUT2D eigenvalue weighted by atomic mass is 16.6. The average molecular weight is 863 g/mol. The SMILES string of the molecule is CC/C=C\C/C=C\C/C=C\C/C=C\C/C=C\CCCCCC(=O)OCC(COC(=O)CCC/C=C\CCCCCC)OC(=O)CCCCCCC/C=C\CCCCCCCCC. The lowest BCUT2D eigenvalue weighted by atomic mass is 10.1. The number of ether oxygens (including phenoxy) is 3. The van der Waals surface area contributed by atoms with Crippen LogP contribution in [0, 0.1) is 0 Å². The van der Waals surface area contributed by atoms with Gasteiger partial charge in [0, 0.05) is 19.3 Å². The lowest BCUT2D eigenvalue weighted by Crippen LogP contribution is -2.30. The van der Waals surface area contributed by atoms with E-state index >= 15 is 0 Å². The van der Waals surface area contributed by atoms with Crippen molar-refractivity contribution in [3.63, 3.8) is 0 Å². The molecule has 62 heavy (non-hydrogen) atoms. The molecule has 0 aromatic rings. The Morgan fingerprint density at radius 1 is 0.339 bits per heavy atom. The molecule has 0 spiro atoms. The quantitative estimate of drug-likeness (QED) is 0.0263. The van der Waals surface area contributed by atoms with Crippen molar-refractivity contribution in [3.05, 3.63) is 85.1 Å². The second-order valence-corrected chi connectivity index (χ2v) is 16.7. The van der Waals surface area contributed by atoms with Gasteiger partial charge in [0.25, 0.3) is 0 Å². The standard InChI is InChI=1S/C56H94O6/c1-4-7-10-13-16-19-21-23-25-27-28-29-31-32-34-37-40-43-46-49-55(58)61-52-53(51-60-54(57)48-45-42-39-36-18-15-12-9-6-3)62-56(59)50-47-44-41-38-35-33-30-26-24-22-20-17-14-11-8-5-2/h7,10,16,19,23,25-26,28-30,32,34,36,39,53H,4-6,8-9,11-15,17-18,20-22,24,27,31,33,35,37-38,40-52H2,1-3H3/b10-7-,19-16-,25-23-,29-28-,30-26-,34-32-,39-36-. The van der Waals surface area contributed by atoms with Gasteiger partial charge in [-0.25, -0.2) is 0 Å². The fraction of sp³-hybridized carbons (Fsp3) is 0.696. The number of carbonyl (C=O) groups excluding carboxylic acids is 3. The maximum atomic E-state index is 12.8. The van der Waals surface area contributed by atoms with E-state index in [1.807, 2.05) is 0 Å². The first-order valence-corrected chi connectivity index (χ1v) is 25.6. The zero-order valence-electron chi connectivity index (χ0n) is 40.4. The molecule has 354 valence electrons. The lowest BCUT2D eigenvalue weighted by Gasteiger charge is -2.18. The molecule has 0 amide bonds. The van der Waals surface area contributed by atoms with Crippen molar-refractivity contribution in [3.8, 4) is 0 Å². The maximum absolute atomic E-state index is 12.8. The summed E-state index contributed by atoms with van der Waals surface area (Å²) in [6.45, 7) is 6.42. The molecule has 1 atom stereocenters. The van der Waals surface area contributed by atoms with Gasteiger partial charge in [-0.3, -0.25) is 14.4 Å². The monoisotopic (exact) mass is 863 g/mol. The molecular formula is C56H94O6. The molecule has 0 aromatic carbocycles. The summed E-state index contributed by atoms with van der Waals surface area (Å²) in [4.78, 5) is 37.9. The Morgan fingerprint density at radius 2 is 0.645 bits per heavy atom. The summed E-state index contributed by atoms with van der Waals surface area (Å²) in [5, 5.41) is 0. The molecule has 0 aliphatic carbocycles. The number of esters is 3. The van der Waals surface area contributed by atoms with Gasteiger partial charge in [-0.05, 0) is 109 Å². The summed E-state index contributed by atoms with van der Waals surface area (Å²) in [5.41, 5.74) is 0. The largest absolute Gasteiger partial charge is 0.462 e. The summed E-state index contributed by atoms with van der Waals surface area (Å²) in [5.74, 6) is -0.982. The minimum Gasteiger partial charge on any atom is -0.462 e. The van der Waals surface area contributed by atoms with Crippen LogP contribution >= 0.6 is 0 Å². The molecule has 0 aromatic heterocycles. The van der Waals surface area contributed by atoms with Crippen LogP contribution in [0.4, 0.5) is 0 Å². The van der Waals surface area contributed by atoms with Gasteiger partial charge in [0.1, 0.15) is 13.2 Å². The Hall–Kier alpha value is -3.41. The smallest absolute Gasteiger partial charge is 0.306 e. The molecule has 0 bridgehead atoms. The Balaban J connectivity index is 4.42. The van der Waals surface area contributed by atoms with Crippen LogP contribution < -0.4 is 0 Å². The highest BCUT2D eigenvalue weighted by Crippen LogP contribution is 2.13. The summed E-state index contributed by atoms with van der Waals surface area (Å²) in [6.07, 6.45) is 64.4. The number of carbonyl (C=O) groups is 3. The van der Waals surface area contributed by atoms with Gasteiger partial charge in [-0.15, -0.1) is 0 Å². The first-order valence-electron chi connectivity index (χ1n) is 25.6. The fourth-order valence-corrected chi connectivity index (χ4v) is 6.76. The number of allylic oxidation sites excluding steroid dienone is 14. The molecule has 0 aliphatic heterocycles. The Bertz CT molecular complexity index is 1220. The fourth-order valence-electron chi connectivity index (χ4n) is 6.76. The van der Waals surface area contributed by atoms with Gasteiger partial charge < -0.3 is 14.2 Å². The van der Waals surface area contributed by atoms with E-state index in [4.69, 9.17) is 14.2 Å². The van der Waals surface area contributed by atoms with Crippen molar-refractivity contribution < 1.29 is 28.6 Å². The van der Waals surface area contributed by atoms with Gasteiger partial charge in [-0.1, -0.05) is 189 Å². The van der Waals surface area contributed by atoms with Crippen LogP contribution in [0.15, 0.2) is 85.1 Å². The van der Waals surface area contributed by atoms with E-state index < -0.39 is 6.10 Å². The molecule has 6 heteroatoms. The van der Waals surface area contributed by atoms with Gasteiger partial charge in [-0.2, -0.15) is 0 Å². The van der Waals surface area contributed by atoms with Crippen LogP contribution in [0.5, 0.6) is 0 Å². The number of hydrogen-bond acceptors (Lipinski definition) is 6. The van der Waals surface area contributed by atoms with E-state index in [0.717, 1.165) is 103 Å². The van der Waals surface area contributed by atoms with E-state index in [9.17, 15) is 14.4 Å². The molecule has 0 saturated carbocycles. The van der Waals surface area contributed by atoms with Gasteiger partial charge in [0.2, 0.25) is 0 Å². The van der Waals surface area contributed by atoms with Crippen LogP contribution in [0.25, 0.3) is 0 Å². The summed E-state index contributed by atoms with van der Waals surface area (Å²) in [7, 11) is 0. The van der Waals surface area contributed by atoms with Gasteiger partial charge in [0.05, 0.1) is 0 Å². The Labute approximate surface area is 382 Å². The van der Waals surface area contributed by atoms with E-state index in [0.29, 0.717) is 25.7 Å². The second kappa shape index (κ2) is 50.2. The van der Waals surface area contributed by atoms with Crippen molar-refractivity contribution in [2.45, 2.75) is 239 Å². The third kappa shape index (κ3) is 47.6. The Morgan fingerprint density at radius 3 is 1.10 bits per heavy atom. The predicted molar refractivity (Wildman–Crippen MR) is 265 cm³/mol. The third-order valence-corrected chi connectivity index (χ3v) is 10.6. The highest BCUT2D eigenvalue weighted by molar-refractivity contribution is 5.71. The van der Waals surface area contributed by atoms with Gasteiger partial charge >= 0.3 is 17.9 Å².